The summed E-state index contributed by atoms with van der Waals surface area (Å²) in [6, 6.07) is 50.2. The summed E-state index contributed by atoms with van der Waals surface area (Å²) in [7, 11) is 0. The monoisotopic (exact) mass is 682 g/mol. The average molecular weight is 683 g/mol. The molecular weight excluding hydrogens is 643 g/mol. The van der Waals surface area contributed by atoms with Gasteiger partial charge in [-0.1, -0.05) is 139 Å². The van der Waals surface area contributed by atoms with Crippen molar-refractivity contribution in [2.24, 2.45) is 0 Å². The van der Waals surface area contributed by atoms with Crippen molar-refractivity contribution in [2.75, 3.05) is 4.90 Å². The first-order chi connectivity index (χ1) is 29.2. The Morgan fingerprint density at radius 3 is 2.08 bits per heavy atom. The van der Waals surface area contributed by atoms with Gasteiger partial charge < -0.3 is 9.32 Å². The van der Waals surface area contributed by atoms with Crippen molar-refractivity contribution in [1.29, 1.82) is 0 Å². The van der Waals surface area contributed by atoms with E-state index in [0.717, 1.165) is 72.0 Å². The SMILES string of the molecule is [2H]c1c([2H])c([2H])c2c([2H])c(C3(c4ccc5oc6ccccc6c5c4)c4ccccc4-c4cc(N(c5ccccc5)c5ccc6ccccc6c5)ccc43)c([2H])c([2H])c2c1[2H]. The molecule has 1 aliphatic rings. The summed E-state index contributed by atoms with van der Waals surface area (Å²) < 4.78 is 70.4. The maximum Gasteiger partial charge on any atom is 0.135 e. The van der Waals surface area contributed by atoms with Gasteiger partial charge in [-0.25, -0.2) is 0 Å². The first-order valence-corrected chi connectivity index (χ1v) is 17.7. The zero-order valence-corrected chi connectivity index (χ0v) is 28.4. The molecule has 0 aliphatic heterocycles. The van der Waals surface area contributed by atoms with Crippen molar-refractivity contribution in [1.82, 2.24) is 0 Å². The molecule has 9 aromatic carbocycles. The van der Waals surface area contributed by atoms with Gasteiger partial charge >= 0.3 is 0 Å². The van der Waals surface area contributed by atoms with Gasteiger partial charge in [0.1, 0.15) is 11.2 Å². The normalized spacial score (nSPS) is 16.7. The lowest BCUT2D eigenvalue weighted by molar-refractivity contribution is 0.668. The highest BCUT2D eigenvalue weighted by molar-refractivity contribution is 6.05. The molecule has 248 valence electrons. The number of furan rings is 1. The van der Waals surface area contributed by atoms with Crippen LogP contribution in [-0.4, -0.2) is 0 Å². The first-order valence-electron chi connectivity index (χ1n) is 21.2. The Morgan fingerprint density at radius 1 is 0.434 bits per heavy atom. The number of nitrogens with zero attached hydrogens (tertiary/aromatic N) is 1. The Balaban J connectivity index is 1.26. The van der Waals surface area contributed by atoms with Crippen molar-refractivity contribution >= 4 is 60.5 Å². The van der Waals surface area contributed by atoms with Gasteiger partial charge in [0.2, 0.25) is 0 Å². The smallest absolute Gasteiger partial charge is 0.135 e. The molecule has 0 radical (unpaired) electrons. The van der Waals surface area contributed by atoms with Gasteiger partial charge in [0.15, 0.2) is 0 Å². The third-order valence-corrected chi connectivity index (χ3v) is 10.7. The molecule has 1 aliphatic carbocycles. The van der Waals surface area contributed by atoms with Crippen LogP contribution in [0.4, 0.5) is 17.1 Å². The van der Waals surface area contributed by atoms with Crippen molar-refractivity contribution in [3.8, 4) is 11.1 Å². The molecule has 2 nitrogen and oxygen atoms in total. The molecule has 0 N–H and O–H groups in total. The second kappa shape index (κ2) is 11.6. The molecule has 0 amide bonds. The lowest BCUT2D eigenvalue weighted by Crippen LogP contribution is -2.28. The number of fused-ring (bicyclic) bond motifs is 8. The molecule has 1 unspecified atom stereocenters. The molecule has 1 aromatic heterocycles. The van der Waals surface area contributed by atoms with Crippen LogP contribution < -0.4 is 4.90 Å². The Hall–Kier alpha value is -6.90. The lowest BCUT2D eigenvalue weighted by atomic mass is 9.67. The van der Waals surface area contributed by atoms with E-state index in [1.807, 2.05) is 84.9 Å². The largest absolute Gasteiger partial charge is 0.456 e. The van der Waals surface area contributed by atoms with Gasteiger partial charge in [0.05, 0.1) is 15.0 Å². The van der Waals surface area contributed by atoms with Crippen molar-refractivity contribution in [2.45, 2.75) is 5.41 Å². The predicted octanol–water partition coefficient (Wildman–Crippen LogP) is 13.7. The van der Waals surface area contributed by atoms with E-state index in [2.05, 4.69) is 77.7 Å². The van der Waals surface area contributed by atoms with Crippen molar-refractivity contribution < 1.29 is 14.0 Å². The van der Waals surface area contributed by atoms with Crippen LogP contribution in [0.15, 0.2) is 204 Å². The third-order valence-electron chi connectivity index (χ3n) is 10.7. The first kappa shape index (κ1) is 23.6. The van der Waals surface area contributed by atoms with E-state index in [1.54, 1.807) is 0 Å². The summed E-state index contributed by atoms with van der Waals surface area (Å²) in [5.74, 6) is 0. The molecule has 1 heterocycles. The molecule has 1 atom stereocenters. The maximum atomic E-state index is 9.99. The highest BCUT2D eigenvalue weighted by Gasteiger charge is 2.46. The van der Waals surface area contributed by atoms with E-state index in [9.17, 15) is 4.11 Å². The van der Waals surface area contributed by atoms with E-state index in [-0.39, 0.29) is 34.5 Å². The summed E-state index contributed by atoms with van der Waals surface area (Å²) >= 11 is 0. The van der Waals surface area contributed by atoms with Crippen LogP contribution in [-0.2, 0) is 5.41 Å². The molecular formula is C51H33NO. The number of benzene rings is 9. The molecule has 0 fully saturated rings. The fourth-order valence-electron chi connectivity index (χ4n) is 8.40. The van der Waals surface area contributed by atoms with Gasteiger partial charge in [-0.3, -0.25) is 0 Å². The van der Waals surface area contributed by atoms with Crippen molar-refractivity contribution in [3.63, 3.8) is 0 Å². The van der Waals surface area contributed by atoms with Crippen LogP contribution in [0.25, 0.3) is 54.6 Å². The number of para-hydroxylation sites is 2. The standard InChI is InChI=1S/C51H33NO/c1-2-16-40(17-3-1)52(41-26-23-35-13-5-7-15-37(35)31-41)42-27-28-48-45(33-42)43-18-8-10-20-47(43)51(48,38-24-22-34-12-4-6-14-36(34)30-38)39-25-29-50-46(32-39)44-19-9-11-21-49(44)53-50/h1-33H/i4D,6D,12D,14D,22D,24D,30D. The maximum absolute atomic E-state index is 9.99. The van der Waals surface area contributed by atoms with Crippen LogP contribution in [0.2, 0.25) is 0 Å². The van der Waals surface area contributed by atoms with E-state index < -0.39 is 29.6 Å². The van der Waals surface area contributed by atoms with Gasteiger partial charge in [-0.05, 0) is 116 Å². The summed E-state index contributed by atoms with van der Waals surface area (Å²) in [6.45, 7) is 0. The minimum atomic E-state index is -1.37. The number of anilines is 3. The fraction of sp³-hybridized carbons (Fsp3) is 0.0196. The molecule has 2 heteroatoms. The molecule has 10 aromatic rings. The van der Waals surface area contributed by atoms with Crippen LogP contribution in [0.1, 0.15) is 31.8 Å². The second-order valence-electron chi connectivity index (χ2n) is 13.5. The van der Waals surface area contributed by atoms with Gasteiger partial charge in [-0.2, -0.15) is 0 Å². The molecule has 0 saturated carbocycles. The number of hydrogen-bond acceptors (Lipinski definition) is 2. The predicted molar refractivity (Wildman–Crippen MR) is 221 cm³/mol. The minimum absolute atomic E-state index is 0.0830. The zero-order valence-electron chi connectivity index (χ0n) is 35.4. The highest BCUT2D eigenvalue weighted by Crippen LogP contribution is 2.58. The average Bonchev–Trinajstić information content (AvgIpc) is 3.80. The van der Waals surface area contributed by atoms with E-state index >= 15 is 0 Å². The molecule has 0 saturated heterocycles. The molecule has 53 heavy (non-hydrogen) atoms. The highest BCUT2D eigenvalue weighted by atomic mass is 16.3. The van der Waals surface area contributed by atoms with Crippen molar-refractivity contribution in [3.05, 3.63) is 222 Å². The van der Waals surface area contributed by atoms with Gasteiger partial charge in [0, 0.05) is 27.8 Å². The summed E-state index contributed by atoms with van der Waals surface area (Å²) in [4.78, 5) is 2.22. The van der Waals surface area contributed by atoms with Crippen LogP contribution in [0.3, 0.4) is 0 Å². The van der Waals surface area contributed by atoms with E-state index in [1.165, 1.54) is 0 Å². The Morgan fingerprint density at radius 2 is 1.15 bits per heavy atom. The minimum Gasteiger partial charge on any atom is -0.456 e. The van der Waals surface area contributed by atoms with Crippen LogP contribution in [0, 0.1) is 0 Å². The molecule has 0 spiro atoms. The molecule has 0 bridgehead atoms. The summed E-state index contributed by atoms with van der Waals surface area (Å²) in [5, 5.41) is 3.78. The quantitative estimate of drug-likeness (QED) is 0.180. The Kier molecular flexibility index (Phi) is 5.14. The Labute approximate surface area is 317 Å². The number of hydrogen-bond donors (Lipinski definition) is 0. The lowest BCUT2D eigenvalue weighted by Gasteiger charge is -2.34. The van der Waals surface area contributed by atoms with Crippen LogP contribution in [0.5, 0.6) is 0 Å². The Bertz CT molecular complexity index is 3430. The summed E-state index contributed by atoms with van der Waals surface area (Å²) in [6.07, 6.45) is 0. The number of rotatable bonds is 5. The van der Waals surface area contributed by atoms with E-state index in [0.29, 0.717) is 5.58 Å². The van der Waals surface area contributed by atoms with Gasteiger partial charge in [-0.15, -0.1) is 0 Å². The third kappa shape index (κ3) is 4.46. The second-order valence-corrected chi connectivity index (χ2v) is 13.5. The van der Waals surface area contributed by atoms with Crippen LogP contribution >= 0.6 is 0 Å². The van der Waals surface area contributed by atoms with E-state index in [4.69, 9.17) is 9.90 Å². The topological polar surface area (TPSA) is 16.4 Å². The summed E-state index contributed by atoms with van der Waals surface area (Å²) in [5.41, 5.74) is 7.11. The molecule has 11 rings (SSSR count). The fourth-order valence-corrected chi connectivity index (χ4v) is 8.40. The van der Waals surface area contributed by atoms with Gasteiger partial charge in [0.25, 0.3) is 0 Å². The zero-order chi connectivity index (χ0) is 41.0.